The third-order valence-corrected chi connectivity index (χ3v) is 4.50. The Labute approximate surface area is 122 Å². The van der Waals surface area contributed by atoms with E-state index < -0.39 is 0 Å². The lowest BCUT2D eigenvalue weighted by Crippen LogP contribution is -2.31. The highest BCUT2D eigenvalue weighted by atomic mass is 35.5. The predicted octanol–water partition coefficient (Wildman–Crippen LogP) is 5.00. The third kappa shape index (κ3) is 4.50. The van der Waals surface area contributed by atoms with Crippen LogP contribution in [-0.2, 0) is 0 Å². The minimum absolute atomic E-state index is 0.578. The fourth-order valence-corrected chi connectivity index (χ4v) is 3.29. The maximum Gasteiger partial charge on any atom is 0.0406 e. The Balaban J connectivity index is 2.09. The Hall–Kier alpha value is -0.530. The first-order chi connectivity index (χ1) is 9.16. The number of rotatable bonds is 4. The Morgan fingerprint density at radius 2 is 1.79 bits per heavy atom. The molecule has 0 aliphatic heterocycles. The van der Waals surface area contributed by atoms with E-state index in [1.807, 2.05) is 12.1 Å². The van der Waals surface area contributed by atoms with Crippen molar-refractivity contribution < 1.29 is 0 Å². The molecule has 1 saturated carbocycles. The van der Waals surface area contributed by atoms with Gasteiger partial charge < -0.3 is 5.32 Å². The van der Waals surface area contributed by atoms with Crippen LogP contribution in [0.1, 0.15) is 57.4 Å². The normalized spacial score (nSPS) is 24.4. The lowest BCUT2D eigenvalue weighted by molar-refractivity contribution is 0.363. The van der Waals surface area contributed by atoms with Gasteiger partial charge in [0.1, 0.15) is 0 Å². The molecule has 2 rings (SSSR count). The first kappa shape index (κ1) is 14.9. The first-order valence-corrected chi connectivity index (χ1v) is 8.03. The van der Waals surface area contributed by atoms with Gasteiger partial charge in [0, 0.05) is 11.1 Å². The van der Waals surface area contributed by atoms with Crippen molar-refractivity contribution in [3.63, 3.8) is 0 Å². The maximum absolute atomic E-state index is 6.01. The van der Waals surface area contributed by atoms with Gasteiger partial charge in [0.25, 0.3) is 0 Å². The standard InChI is InChI=1S/C17H26ClN/c1-13(2)19-12-15-6-4-3-5-7-17(15)14-8-10-16(18)11-9-14/h8-11,13,15,17,19H,3-7,12H2,1-2H3. The average Bonchev–Trinajstić information content (AvgIpc) is 2.62. The molecule has 19 heavy (non-hydrogen) atoms. The topological polar surface area (TPSA) is 12.0 Å². The Morgan fingerprint density at radius 1 is 1.11 bits per heavy atom. The van der Waals surface area contributed by atoms with Gasteiger partial charge in [-0.15, -0.1) is 0 Å². The van der Waals surface area contributed by atoms with E-state index in [0.29, 0.717) is 12.0 Å². The maximum atomic E-state index is 6.01. The van der Waals surface area contributed by atoms with Crippen molar-refractivity contribution in [1.29, 1.82) is 0 Å². The lowest BCUT2D eigenvalue weighted by atomic mass is 9.82. The Morgan fingerprint density at radius 3 is 2.47 bits per heavy atom. The molecule has 2 unspecified atom stereocenters. The number of hydrogen-bond donors (Lipinski definition) is 1. The van der Waals surface area contributed by atoms with Crippen molar-refractivity contribution in [3.8, 4) is 0 Å². The summed E-state index contributed by atoms with van der Waals surface area (Å²) in [4.78, 5) is 0. The van der Waals surface area contributed by atoms with Crippen molar-refractivity contribution in [2.75, 3.05) is 6.54 Å². The molecule has 1 aromatic carbocycles. The molecule has 1 aliphatic carbocycles. The van der Waals surface area contributed by atoms with Gasteiger partial charge in [0.15, 0.2) is 0 Å². The summed E-state index contributed by atoms with van der Waals surface area (Å²) in [6.07, 6.45) is 6.82. The molecule has 106 valence electrons. The van der Waals surface area contributed by atoms with Crippen LogP contribution in [-0.4, -0.2) is 12.6 Å². The number of nitrogens with one attached hydrogen (secondary N) is 1. The molecule has 0 heterocycles. The van der Waals surface area contributed by atoms with Crippen molar-refractivity contribution in [2.24, 2.45) is 5.92 Å². The van der Waals surface area contributed by atoms with Gasteiger partial charge in [0.05, 0.1) is 0 Å². The molecule has 1 aliphatic rings. The summed E-state index contributed by atoms with van der Waals surface area (Å²) in [6, 6.07) is 9.10. The molecule has 0 radical (unpaired) electrons. The van der Waals surface area contributed by atoms with Crippen LogP contribution in [0.5, 0.6) is 0 Å². The van der Waals surface area contributed by atoms with Gasteiger partial charge in [-0.05, 0) is 48.9 Å². The second-order valence-electron chi connectivity index (χ2n) is 6.12. The van der Waals surface area contributed by atoms with Gasteiger partial charge in [-0.25, -0.2) is 0 Å². The summed E-state index contributed by atoms with van der Waals surface area (Å²) in [5.41, 5.74) is 1.47. The zero-order chi connectivity index (χ0) is 13.7. The van der Waals surface area contributed by atoms with E-state index in [9.17, 15) is 0 Å². The Kier molecular flexibility index (Phi) is 5.72. The zero-order valence-corrected chi connectivity index (χ0v) is 12.9. The van der Waals surface area contributed by atoms with E-state index in [-0.39, 0.29) is 0 Å². The lowest BCUT2D eigenvalue weighted by Gasteiger charge is -2.27. The molecule has 0 bridgehead atoms. The number of hydrogen-bond acceptors (Lipinski definition) is 1. The molecule has 2 atom stereocenters. The van der Waals surface area contributed by atoms with Crippen molar-refractivity contribution >= 4 is 11.6 Å². The quantitative estimate of drug-likeness (QED) is 0.765. The van der Waals surface area contributed by atoms with Gasteiger partial charge in [-0.3, -0.25) is 0 Å². The van der Waals surface area contributed by atoms with Crippen LogP contribution >= 0.6 is 11.6 Å². The van der Waals surface area contributed by atoms with Gasteiger partial charge >= 0.3 is 0 Å². The highest BCUT2D eigenvalue weighted by Crippen LogP contribution is 2.36. The van der Waals surface area contributed by atoms with E-state index in [2.05, 4.69) is 31.3 Å². The fourth-order valence-electron chi connectivity index (χ4n) is 3.16. The molecule has 2 heteroatoms. The second kappa shape index (κ2) is 7.31. The molecule has 1 nitrogen and oxygen atoms in total. The monoisotopic (exact) mass is 279 g/mol. The SMILES string of the molecule is CC(C)NCC1CCCCCC1c1ccc(Cl)cc1. The van der Waals surface area contributed by atoms with Crippen LogP contribution in [0.15, 0.2) is 24.3 Å². The molecule has 1 aromatic rings. The molecule has 0 saturated heterocycles. The summed E-state index contributed by atoms with van der Waals surface area (Å²) in [7, 11) is 0. The minimum Gasteiger partial charge on any atom is -0.314 e. The van der Waals surface area contributed by atoms with Crippen molar-refractivity contribution in [3.05, 3.63) is 34.9 Å². The summed E-state index contributed by atoms with van der Waals surface area (Å²) < 4.78 is 0. The van der Waals surface area contributed by atoms with Crippen molar-refractivity contribution in [1.82, 2.24) is 5.32 Å². The summed E-state index contributed by atoms with van der Waals surface area (Å²) in [5, 5.41) is 4.47. The molecule has 1 fully saturated rings. The summed E-state index contributed by atoms with van der Waals surface area (Å²) in [5.74, 6) is 1.47. The molecular weight excluding hydrogens is 254 g/mol. The van der Waals surface area contributed by atoms with Crippen LogP contribution in [0.4, 0.5) is 0 Å². The second-order valence-corrected chi connectivity index (χ2v) is 6.56. The number of halogens is 1. The largest absolute Gasteiger partial charge is 0.314 e. The third-order valence-electron chi connectivity index (χ3n) is 4.25. The smallest absolute Gasteiger partial charge is 0.0406 e. The van der Waals surface area contributed by atoms with E-state index in [1.54, 1.807) is 0 Å². The molecular formula is C17H26ClN. The van der Waals surface area contributed by atoms with Crippen LogP contribution in [0.25, 0.3) is 0 Å². The predicted molar refractivity (Wildman–Crippen MR) is 83.9 cm³/mol. The van der Waals surface area contributed by atoms with E-state index in [4.69, 9.17) is 11.6 Å². The van der Waals surface area contributed by atoms with Gasteiger partial charge in [-0.1, -0.05) is 56.8 Å². The molecule has 0 aromatic heterocycles. The van der Waals surface area contributed by atoms with Crippen LogP contribution in [0.2, 0.25) is 5.02 Å². The average molecular weight is 280 g/mol. The van der Waals surface area contributed by atoms with E-state index >= 15 is 0 Å². The first-order valence-electron chi connectivity index (χ1n) is 7.65. The summed E-state index contributed by atoms with van der Waals surface area (Å²) >= 11 is 6.01. The van der Waals surface area contributed by atoms with Crippen molar-refractivity contribution in [2.45, 2.75) is 57.9 Å². The van der Waals surface area contributed by atoms with Crippen LogP contribution in [0, 0.1) is 5.92 Å². The van der Waals surface area contributed by atoms with Gasteiger partial charge in [0.2, 0.25) is 0 Å². The number of benzene rings is 1. The van der Waals surface area contributed by atoms with Crippen LogP contribution < -0.4 is 5.32 Å². The Bertz CT molecular complexity index is 371. The highest BCUT2D eigenvalue weighted by Gasteiger charge is 2.24. The highest BCUT2D eigenvalue weighted by molar-refractivity contribution is 6.30. The molecule has 0 amide bonds. The minimum atomic E-state index is 0.578. The summed E-state index contributed by atoms with van der Waals surface area (Å²) in [6.45, 7) is 5.60. The van der Waals surface area contributed by atoms with Gasteiger partial charge in [-0.2, -0.15) is 0 Å². The van der Waals surface area contributed by atoms with E-state index in [0.717, 1.165) is 17.5 Å². The molecule has 1 N–H and O–H groups in total. The fraction of sp³-hybridized carbons (Fsp3) is 0.647. The van der Waals surface area contributed by atoms with E-state index in [1.165, 1.54) is 37.7 Å². The molecule has 0 spiro atoms. The van der Waals surface area contributed by atoms with Crippen LogP contribution in [0.3, 0.4) is 0 Å². The zero-order valence-electron chi connectivity index (χ0n) is 12.2.